The second kappa shape index (κ2) is 10.0. The van der Waals surface area contributed by atoms with Gasteiger partial charge in [-0.25, -0.2) is 4.98 Å². The maximum Gasteiger partial charge on any atom is 0.258 e. The number of hydrogen-bond donors (Lipinski definition) is 2. The minimum absolute atomic E-state index is 0.156. The quantitative estimate of drug-likeness (QED) is 0.255. The molecule has 1 amide bonds. The fourth-order valence-corrected chi connectivity index (χ4v) is 4.12. The largest absolute Gasteiger partial charge is 0.436 e. The van der Waals surface area contributed by atoms with E-state index in [1.165, 1.54) is 5.56 Å². The lowest BCUT2D eigenvalue weighted by Crippen LogP contribution is -2.34. The minimum atomic E-state index is -0.397. The van der Waals surface area contributed by atoms with Crippen molar-refractivity contribution < 1.29 is 9.21 Å². The van der Waals surface area contributed by atoms with Crippen LogP contribution in [0.5, 0.6) is 0 Å². The van der Waals surface area contributed by atoms with Crippen molar-refractivity contribution in [2.75, 3.05) is 5.32 Å². The van der Waals surface area contributed by atoms with Crippen molar-refractivity contribution >= 4 is 67.6 Å². The standard InChI is InChI=1S/C25H21BrClN3O2S/c1-3-14(2)15-7-10-22-21(12-15)29-24(32-22)16-5-4-6-18(11-16)28-25(33)30-23(31)19-13-17(26)8-9-20(19)27/h4-14H,3H2,1-2H3,(H2,28,30,31,33). The maximum atomic E-state index is 12.5. The van der Waals surface area contributed by atoms with E-state index in [0.717, 1.165) is 27.6 Å². The topological polar surface area (TPSA) is 67.2 Å². The average molecular weight is 543 g/mol. The number of hydrogen-bond acceptors (Lipinski definition) is 4. The highest BCUT2D eigenvalue weighted by atomic mass is 79.9. The minimum Gasteiger partial charge on any atom is -0.436 e. The van der Waals surface area contributed by atoms with Crippen molar-refractivity contribution in [3.8, 4) is 11.5 Å². The van der Waals surface area contributed by atoms with E-state index >= 15 is 0 Å². The molecule has 0 spiro atoms. The summed E-state index contributed by atoms with van der Waals surface area (Å²) in [5.41, 5.74) is 4.63. The number of aromatic nitrogens is 1. The van der Waals surface area contributed by atoms with E-state index < -0.39 is 5.91 Å². The van der Waals surface area contributed by atoms with Crippen LogP contribution < -0.4 is 10.6 Å². The number of thiocarbonyl (C=S) groups is 1. The lowest BCUT2D eigenvalue weighted by Gasteiger charge is -2.11. The molecular formula is C25H21BrClN3O2S. The van der Waals surface area contributed by atoms with Gasteiger partial charge in [-0.15, -0.1) is 0 Å². The fourth-order valence-electron chi connectivity index (χ4n) is 3.34. The molecule has 0 aliphatic carbocycles. The summed E-state index contributed by atoms with van der Waals surface area (Å²) in [5, 5.41) is 6.18. The van der Waals surface area contributed by atoms with Crippen molar-refractivity contribution in [2.24, 2.45) is 0 Å². The zero-order valence-electron chi connectivity index (χ0n) is 18.0. The first-order chi connectivity index (χ1) is 15.8. The van der Waals surface area contributed by atoms with E-state index in [4.69, 9.17) is 28.2 Å². The van der Waals surface area contributed by atoms with Crippen molar-refractivity contribution in [1.82, 2.24) is 10.3 Å². The van der Waals surface area contributed by atoms with E-state index in [1.807, 2.05) is 30.3 Å². The second-order valence-electron chi connectivity index (χ2n) is 7.67. The molecule has 0 radical (unpaired) electrons. The summed E-state index contributed by atoms with van der Waals surface area (Å²) in [4.78, 5) is 17.2. The van der Waals surface area contributed by atoms with Crippen molar-refractivity contribution in [3.63, 3.8) is 0 Å². The Bertz CT molecular complexity index is 1350. The highest BCUT2D eigenvalue weighted by molar-refractivity contribution is 9.10. The lowest BCUT2D eigenvalue weighted by molar-refractivity contribution is 0.0978. The molecule has 4 aromatic rings. The molecule has 1 heterocycles. The summed E-state index contributed by atoms with van der Waals surface area (Å²) in [6.45, 7) is 4.37. The van der Waals surface area contributed by atoms with Crippen LogP contribution in [0.1, 0.15) is 42.1 Å². The Morgan fingerprint density at radius 2 is 2.00 bits per heavy atom. The highest BCUT2D eigenvalue weighted by Crippen LogP contribution is 2.29. The molecule has 0 bridgehead atoms. The van der Waals surface area contributed by atoms with Crippen LogP contribution in [0.15, 0.2) is 69.6 Å². The Labute approximate surface area is 210 Å². The van der Waals surface area contributed by atoms with Crippen LogP contribution in [-0.2, 0) is 0 Å². The molecular weight excluding hydrogens is 522 g/mol. The van der Waals surface area contributed by atoms with Gasteiger partial charge in [-0.2, -0.15) is 0 Å². The predicted octanol–water partition coefficient (Wildman–Crippen LogP) is 7.55. The van der Waals surface area contributed by atoms with Gasteiger partial charge in [0.1, 0.15) is 5.52 Å². The first kappa shape index (κ1) is 23.4. The smallest absolute Gasteiger partial charge is 0.258 e. The Balaban J connectivity index is 1.50. The number of nitrogens with zero attached hydrogens (tertiary/aromatic N) is 1. The summed E-state index contributed by atoms with van der Waals surface area (Å²) in [7, 11) is 0. The number of benzene rings is 3. The molecule has 0 saturated carbocycles. The van der Waals surface area contributed by atoms with Crippen LogP contribution >= 0.6 is 39.7 Å². The molecule has 1 atom stereocenters. The molecule has 33 heavy (non-hydrogen) atoms. The number of rotatable bonds is 5. The number of amides is 1. The summed E-state index contributed by atoms with van der Waals surface area (Å²) in [5.74, 6) is 0.585. The Morgan fingerprint density at radius 1 is 1.18 bits per heavy atom. The molecule has 3 aromatic carbocycles. The molecule has 168 valence electrons. The second-order valence-corrected chi connectivity index (χ2v) is 9.40. The van der Waals surface area contributed by atoms with Gasteiger partial charge in [-0.3, -0.25) is 10.1 Å². The van der Waals surface area contributed by atoms with Crippen LogP contribution in [0.2, 0.25) is 5.02 Å². The van der Waals surface area contributed by atoms with Gasteiger partial charge >= 0.3 is 0 Å². The van der Waals surface area contributed by atoms with Crippen LogP contribution in [-0.4, -0.2) is 16.0 Å². The van der Waals surface area contributed by atoms with E-state index in [-0.39, 0.29) is 5.11 Å². The fraction of sp³-hybridized carbons (Fsp3) is 0.160. The third kappa shape index (κ3) is 5.43. The molecule has 2 N–H and O–H groups in total. The number of fused-ring (bicyclic) bond motifs is 1. The van der Waals surface area contributed by atoms with Gasteiger partial charge in [-0.1, -0.05) is 53.5 Å². The number of halogens is 2. The number of carbonyl (C=O) groups is 1. The van der Waals surface area contributed by atoms with E-state index in [9.17, 15) is 4.79 Å². The van der Waals surface area contributed by atoms with Crippen molar-refractivity contribution in [1.29, 1.82) is 0 Å². The monoisotopic (exact) mass is 541 g/mol. The van der Waals surface area contributed by atoms with Crippen LogP contribution in [0.3, 0.4) is 0 Å². The van der Waals surface area contributed by atoms with Gasteiger partial charge in [0.2, 0.25) is 5.89 Å². The molecule has 0 aliphatic rings. The van der Waals surface area contributed by atoms with Crippen LogP contribution in [0.4, 0.5) is 5.69 Å². The summed E-state index contributed by atoms with van der Waals surface area (Å²) < 4.78 is 6.72. The van der Waals surface area contributed by atoms with Gasteiger partial charge in [0.05, 0.1) is 10.6 Å². The van der Waals surface area contributed by atoms with Crippen molar-refractivity contribution in [2.45, 2.75) is 26.2 Å². The zero-order chi connectivity index (χ0) is 23.5. The summed E-state index contributed by atoms with van der Waals surface area (Å²) >= 11 is 14.8. The molecule has 0 fully saturated rings. The first-order valence-electron chi connectivity index (χ1n) is 10.4. The SMILES string of the molecule is CCC(C)c1ccc2oc(-c3cccc(NC(=S)NC(=O)c4cc(Br)ccc4Cl)c3)nc2c1. The third-order valence-corrected chi connectivity index (χ3v) is 6.39. The molecule has 8 heteroatoms. The van der Waals surface area contributed by atoms with E-state index in [0.29, 0.717) is 28.1 Å². The number of anilines is 1. The van der Waals surface area contributed by atoms with Gasteiger partial charge < -0.3 is 9.73 Å². The number of oxazole rings is 1. The molecule has 1 aromatic heterocycles. The average Bonchev–Trinajstić information content (AvgIpc) is 3.23. The third-order valence-electron chi connectivity index (χ3n) is 5.36. The summed E-state index contributed by atoms with van der Waals surface area (Å²) in [6.07, 6.45) is 1.06. The molecule has 0 saturated heterocycles. The highest BCUT2D eigenvalue weighted by Gasteiger charge is 2.14. The van der Waals surface area contributed by atoms with E-state index in [2.05, 4.69) is 57.5 Å². The Kier molecular flexibility index (Phi) is 7.12. The van der Waals surface area contributed by atoms with Gasteiger partial charge in [0.15, 0.2) is 10.7 Å². The van der Waals surface area contributed by atoms with Crippen LogP contribution in [0.25, 0.3) is 22.6 Å². The molecule has 1 unspecified atom stereocenters. The summed E-state index contributed by atoms with van der Waals surface area (Å²) in [6, 6.07) is 18.7. The zero-order valence-corrected chi connectivity index (χ0v) is 21.1. The predicted molar refractivity (Wildman–Crippen MR) is 141 cm³/mol. The molecule has 4 rings (SSSR count). The van der Waals surface area contributed by atoms with Crippen molar-refractivity contribution in [3.05, 3.63) is 81.3 Å². The Hall–Kier alpha value is -2.74. The number of nitrogens with one attached hydrogen (secondary N) is 2. The van der Waals surface area contributed by atoms with Gasteiger partial charge in [0.25, 0.3) is 5.91 Å². The number of carbonyl (C=O) groups excluding carboxylic acids is 1. The van der Waals surface area contributed by atoms with Crippen LogP contribution in [0, 0.1) is 0 Å². The van der Waals surface area contributed by atoms with E-state index in [1.54, 1.807) is 18.2 Å². The maximum absolute atomic E-state index is 12.5. The first-order valence-corrected chi connectivity index (χ1v) is 12.0. The van der Waals surface area contributed by atoms with Gasteiger partial charge in [0, 0.05) is 15.7 Å². The molecule has 0 aliphatic heterocycles. The Morgan fingerprint density at radius 3 is 2.79 bits per heavy atom. The normalized spacial score (nSPS) is 11.9. The lowest BCUT2D eigenvalue weighted by atomic mass is 9.98. The van der Waals surface area contributed by atoms with Gasteiger partial charge in [-0.05, 0) is 78.7 Å². The molecule has 5 nitrogen and oxygen atoms in total.